The Hall–Kier alpha value is -2.87. The summed E-state index contributed by atoms with van der Waals surface area (Å²) in [6.45, 7) is 2.22. The Bertz CT molecular complexity index is 957. The Labute approximate surface area is 177 Å². The first-order valence-corrected chi connectivity index (χ1v) is 9.78. The van der Waals surface area contributed by atoms with Gasteiger partial charge in [-0.15, -0.1) is 0 Å². The van der Waals surface area contributed by atoms with Gasteiger partial charge >= 0.3 is 12.1 Å². The quantitative estimate of drug-likeness (QED) is 0.588. The summed E-state index contributed by atoms with van der Waals surface area (Å²) in [7, 11) is 1.17. The number of halogens is 3. The number of esters is 1. The normalized spacial score (nSPS) is 15.8. The Balaban J connectivity index is 1.89. The van der Waals surface area contributed by atoms with Gasteiger partial charge in [0.1, 0.15) is 6.10 Å². The van der Waals surface area contributed by atoms with Crippen molar-refractivity contribution in [2.45, 2.75) is 25.9 Å². The van der Waals surface area contributed by atoms with Gasteiger partial charge in [0.05, 0.1) is 25.8 Å². The number of methoxy groups -OCH3 is 1. The lowest BCUT2D eigenvalue weighted by atomic mass is 10.1. The number of benzene rings is 2. The van der Waals surface area contributed by atoms with E-state index < -0.39 is 36.2 Å². The highest BCUT2D eigenvalue weighted by Crippen LogP contribution is 2.33. The van der Waals surface area contributed by atoms with E-state index in [4.69, 9.17) is 16.3 Å². The number of anilines is 1. The Morgan fingerprint density at radius 1 is 1.30 bits per heavy atom. The average Bonchev–Trinajstić information content (AvgIpc) is 3.11. The molecular weight excluding hydrogens is 418 g/mol. The lowest BCUT2D eigenvalue weighted by Crippen LogP contribution is -2.44. The van der Waals surface area contributed by atoms with Gasteiger partial charge in [-0.1, -0.05) is 36.7 Å². The zero-order valence-corrected chi connectivity index (χ0v) is 17.3. The van der Waals surface area contributed by atoms with Crippen LogP contribution < -0.4 is 5.01 Å². The number of hydrogen-bond donors (Lipinski definition) is 0. The lowest BCUT2D eigenvalue weighted by Gasteiger charge is -2.32. The van der Waals surface area contributed by atoms with Crippen molar-refractivity contribution in [2.75, 3.05) is 25.2 Å². The van der Waals surface area contributed by atoms with E-state index in [9.17, 15) is 18.4 Å². The molecule has 1 aliphatic rings. The van der Waals surface area contributed by atoms with Gasteiger partial charge in [0.15, 0.2) is 11.6 Å². The van der Waals surface area contributed by atoms with Gasteiger partial charge in [-0.2, -0.15) is 0 Å². The molecule has 1 unspecified atom stereocenters. The molecule has 0 radical (unpaired) electrons. The molecular formula is C21H21ClF2N2O4. The van der Waals surface area contributed by atoms with Crippen molar-refractivity contribution in [3.63, 3.8) is 0 Å². The van der Waals surface area contributed by atoms with Crippen LogP contribution in [0.2, 0.25) is 5.02 Å². The van der Waals surface area contributed by atoms with E-state index in [2.05, 4.69) is 4.74 Å². The first-order chi connectivity index (χ1) is 14.3. The first kappa shape index (κ1) is 21.8. The summed E-state index contributed by atoms with van der Waals surface area (Å²) in [5, 5.41) is 3.10. The molecule has 9 heteroatoms. The largest absolute Gasteiger partial charge is 0.469 e. The molecule has 0 aromatic heterocycles. The Morgan fingerprint density at radius 2 is 2.07 bits per heavy atom. The summed E-state index contributed by atoms with van der Waals surface area (Å²) in [5.41, 5.74) is 0.460. The maximum atomic E-state index is 14.9. The molecule has 0 aliphatic carbocycles. The van der Waals surface area contributed by atoms with E-state index >= 15 is 0 Å². The smallest absolute Gasteiger partial charge is 0.429 e. The fourth-order valence-corrected chi connectivity index (χ4v) is 3.45. The van der Waals surface area contributed by atoms with Crippen molar-refractivity contribution in [3.05, 3.63) is 64.2 Å². The van der Waals surface area contributed by atoms with Gasteiger partial charge in [0.2, 0.25) is 0 Å². The van der Waals surface area contributed by atoms with Gasteiger partial charge in [0.25, 0.3) is 0 Å². The van der Waals surface area contributed by atoms with Crippen LogP contribution in [-0.4, -0.2) is 37.3 Å². The molecule has 30 heavy (non-hydrogen) atoms. The summed E-state index contributed by atoms with van der Waals surface area (Å²) < 4.78 is 39.4. The molecule has 1 atom stereocenters. The van der Waals surface area contributed by atoms with Gasteiger partial charge in [-0.25, -0.2) is 18.6 Å². The monoisotopic (exact) mass is 438 g/mol. The first-order valence-electron chi connectivity index (χ1n) is 9.40. The second-order valence-electron chi connectivity index (χ2n) is 6.76. The highest BCUT2D eigenvalue weighted by molar-refractivity contribution is 6.30. The molecule has 1 heterocycles. The zero-order chi connectivity index (χ0) is 21.8. The third-order valence-corrected chi connectivity index (χ3v) is 4.96. The molecule has 0 bridgehead atoms. The Kier molecular flexibility index (Phi) is 6.77. The third kappa shape index (κ3) is 4.48. The summed E-state index contributed by atoms with van der Waals surface area (Å²) in [4.78, 5) is 23.9. The maximum Gasteiger partial charge on any atom is 0.429 e. The number of rotatable bonds is 7. The van der Waals surface area contributed by atoms with Crippen LogP contribution in [0.4, 0.5) is 19.3 Å². The Morgan fingerprint density at radius 3 is 2.73 bits per heavy atom. The molecule has 1 aliphatic heterocycles. The van der Waals surface area contributed by atoms with Crippen LogP contribution in [0, 0.1) is 11.6 Å². The van der Waals surface area contributed by atoms with Crippen molar-refractivity contribution in [1.29, 1.82) is 0 Å². The summed E-state index contributed by atoms with van der Waals surface area (Å²) in [6.07, 6.45) is -1.10. The van der Waals surface area contributed by atoms with Gasteiger partial charge in [-0.3, -0.25) is 9.80 Å². The zero-order valence-electron chi connectivity index (χ0n) is 16.5. The minimum atomic E-state index is -1.15. The molecule has 0 spiro atoms. The number of ether oxygens (including phenoxy) is 2. The summed E-state index contributed by atoms with van der Waals surface area (Å²) in [6, 6.07) is 9.56. The van der Waals surface area contributed by atoms with E-state index in [0.717, 1.165) is 0 Å². The van der Waals surface area contributed by atoms with E-state index in [-0.39, 0.29) is 24.3 Å². The maximum absolute atomic E-state index is 14.9. The minimum absolute atomic E-state index is 0.115. The third-order valence-electron chi connectivity index (χ3n) is 4.72. The van der Waals surface area contributed by atoms with Crippen LogP contribution in [0.1, 0.15) is 30.6 Å². The molecule has 0 saturated carbocycles. The van der Waals surface area contributed by atoms with Crippen molar-refractivity contribution >= 4 is 29.4 Å². The summed E-state index contributed by atoms with van der Waals surface area (Å²) >= 11 is 6.02. The molecule has 160 valence electrons. The van der Waals surface area contributed by atoms with E-state index in [0.29, 0.717) is 17.0 Å². The van der Waals surface area contributed by atoms with E-state index in [1.54, 1.807) is 24.3 Å². The van der Waals surface area contributed by atoms with Crippen LogP contribution in [0.5, 0.6) is 0 Å². The van der Waals surface area contributed by atoms with Crippen LogP contribution in [0.15, 0.2) is 36.4 Å². The second-order valence-corrected chi connectivity index (χ2v) is 7.19. The molecule has 2 aromatic rings. The molecule has 0 N–H and O–H groups in total. The number of nitrogens with zero attached hydrogens (tertiary/aromatic N) is 2. The highest BCUT2D eigenvalue weighted by atomic mass is 35.5. The number of cyclic esters (lactones) is 1. The van der Waals surface area contributed by atoms with Crippen LogP contribution in [0.25, 0.3) is 0 Å². The van der Waals surface area contributed by atoms with Crippen LogP contribution in [0.3, 0.4) is 0 Å². The lowest BCUT2D eigenvalue weighted by molar-refractivity contribution is -0.139. The van der Waals surface area contributed by atoms with Gasteiger partial charge in [-0.05, 0) is 30.2 Å². The van der Waals surface area contributed by atoms with Crippen molar-refractivity contribution in [2.24, 2.45) is 0 Å². The number of amides is 1. The fraction of sp³-hybridized carbons (Fsp3) is 0.333. The van der Waals surface area contributed by atoms with Crippen molar-refractivity contribution in [1.82, 2.24) is 5.01 Å². The standard InChI is InChI=1S/C21H21ClF2N2O4/c1-3-9-25(16-8-7-14(11-18(27)29-2)19(23)20(16)24)26-12-17(30-21(26)28)13-5-4-6-15(22)10-13/h4-8,10,17H,3,9,11-12H2,1-2H3. The van der Waals surface area contributed by atoms with E-state index in [1.165, 1.54) is 29.3 Å². The predicted molar refractivity (Wildman–Crippen MR) is 107 cm³/mol. The van der Waals surface area contributed by atoms with Gasteiger partial charge < -0.3 is 9.47 Å². The number of carbonyl (C=O) groups is 2. The average molecular weight is 439 g/mol. The number of hydrazine groups is 1. The van der Waals surface area contributed by atoms with E-state index in [1.807, 2.05) is 6.92 Å². The van der Waals surface area contributed by atoms with Crippen LogP contribution >= 0.6 is 11.6 Å². The fourth-order valence-electron chi connectivity index (χ4n) is 3.25. The van der Waals surface area contributed by atoms with Crippen molar-refractivity contribution < 1.29 is 27.8 Å². The molecule has 2 aromatic carbocycles. The molecule has 6 nitrogen and oxygen atoms in total. The van der Waals surface area contributed by atoms with Crippen molar-refractivity contribution in [3.8, 4) is 0 Å². The highest BCUT2D eigenvalue weighted by Gasteiger charge is 2.37. The molecule has 1 saturated heterocycles. The molecule has 1 fully saturated rings. The SMILES string of the molecule is CCCN(c1ccc(CC(=O)OC)c(F)c1F)N1CC(c2cccc(Cl)c2)OC1=O. The molecule has 3 rings (SSSR count). The summed E-state index contributed by atoms with van der Waals surface area (Å²) in [5.74, 6) is -2.99. The second kappa shape index (κ2) is 9.30. The van der Waals surface area contributed by atoms with Crippen LogP contribution in [-0.2, 0) is 20.7 Å². The minimum Gasteiger partial charge on any atom is -0.469 e. The number of hydrogen-bond acceptors (Lipinski definition) is 5. The topological polar surface area (TPSA) is 59.1 Å². The van der Waals surface area contributed by atoms with Gasteiger partial charge in [0, 0.05) is 17.1 Å². The molecule has 1 amide bonds. The number of carbonyl (C=O) groups excluding carboxylic acids is 2. The predicted octanol–water partition coefficient (Wildman–Crippen LogP) is 4.66.